The van der Waals surface area contributed by atoms with Gasteiger partial charge in [-0.25, -0.2) is 4.98 Å². The summed E-state index contributed by atoms with van der Waals surface area (Å²) in [5, 5.41) is 8.95. The molecule has 20 heavy (non-hydrogen) atoms. The first-order chi connectivity index (χ1) is 9.46. The predicted molar refractivity (Wildman–Crippen MR) is 76.3 cm³/mol. The molecular formula is C15H19BN2O2. The van der Waals surface area contributed by atoms with Crippen molar-refractivity contribution in [2.75, 3.05) is 0 Å². The number of pyridine rings is 1. The molecule has 1 aliphatic carbocycles. The van der Waals surface area contributed by atoms with E-state index in [1.807, 2.05) is 6.07 Å². The molecule has 1 aliphatic heterocycles. The highest BCUT2D eigenvalue weighted by atomic mass is 16.7. The molecule has 0 N–H and O–H groups in total. The minimum absolute atomic E-state index is 0.192. The van der Waals surface area contributed by atoms with Crippen LogP contribution in [0.3, 0.4) is 0 Å². The quantitative estimate of drug-likeness (QED) is 0.770. The van der Waals surface area contributed by atoms with Crippen LogP contribution in [0.2, 0.25) is 0 Å². The second-order valence-corrected chi connectivity index (χ2v) is 6.26. The Morgan fingerprint density at radius 3 is 2.80 bits per heavy atom. The third kappa shape index (κ3) is 1.65. The molecule has 4 nitrogen and oxygen atoms in total. The average Bonchev–Trinajstić information content (AvgIpc) is 2.91. The zero-order valence-corrected chi connectivity index (χ0v) is 12.4. The van der Waals surface area contributed by atoms with Gasteiger partial charge in [-0.3, -0.25) is 0 Å². The summed E-state index contributed by atoms with van der Waals surface area (Å²) in [5.41, 5.74) is 0.760. The molecule has 2 aliphatic rings. The number of hydrogen-bond donors (Lipinski definition) is 0. The maximum Gasteiger partial charge on any atom is 0.495 e. The Hall–Kier alpha value is -1.38. The lowest BCUT2D eigenvalue weighted by Gasteiger charge is -2.27. The Bertz CT molecular complexity index is 583. The third-order valence-electron chi connectivity index (χ3n) is 4.98. The summed E-state index contributed by atoms with van der Waals surface area (Å²) in [6, 6.07) is 5.65. The molecule has 0 aromatic carbocycles. The molecule has 0 bridgehead atoms. The first-order valence-corrected chi connectivity index (χ1v) is 7.18. The van der Waals surface area contributed by atoms with Gasteiger partial charge >= 0.3 is 7.12 Å². The summed E-state index contributed by atoms with van der Waals surface area (Å²) >= 11 is 0. The van der Waals surface area contributed by atoms with E-state index in [0.717, 1.165) is 11.9 Å². The molecule has 3 rings (SSSR count). The van der Waals surface area contributed by atoms with E-state index in [0.29, 0.717) is 17.5 Å². The van der Waals surface area contributed by atoms with Gasteiger partial charge in [0, 0.05) is 6.20 Å². The molecular weight excluding hydrogens is 251 g/mol. The van der Waals surface area contributed by atoms with Crippen LogP contribution in [0.4, 0.5) is 0 Å². The minimum Gasteiger partial charge on any atom is -0.399 e. The molecule has 3 unspecified atom stereocenters. The van der Waals surface area contributed by atoms with Crippen LogP contribution in [0.25, 0.3) is 0 Å². The van der Waals surface area contributed by atoms with Gasteiger partial charge in [0.1, 0.15) is 11.8 Å². The normalized spacial score (nSPS) is 34.2. The molecule has 1 saturated heterocycles. The Morgan fingerprint density at radius 2 is 2.20 bits per heavy atom. The summed E-state index contributed by atoms with van der Waals surface area (Å²) in [6.45, 7) is 8.63. The number of hydrogen-bond acceptors (Lipinski definition) is 4. The van der Waals surface area contributed by atoms with Crippen LogP contribution < -0.4 is 5.46 Å². The average molecular weight is 270 g/mol. The first-order valence-electron chi connectivity index (χ1n) is 7.18. The van der Waals surface area contributed by atoms with Crippen LogP contribution in [0.1, 0.15) is 39.8 Å². The number of nitrogens with zero attached hydrogens (tertiary/aromatic N) is 2. The van der Waals surface area contributed by atoms with E-state index in [4.69, 9.17) is 14.6 Å². The minimum atomic E-state index is -0.404. The Kier molecular flexibility index (Phi) is 2.93. The summed E-state index contributed by atoms with van der Waals surface area (Å²) in [4.78, 5) is 3.99. The van der Waals surface area contributed by atoms with Crippen molar-refractivity contribution in [3.63, 3.8) is 0 Å². The van der Waals surface area contributed by atoms with Crippen LogP contribution in [0.15, 0.2) is 18.3 Å². The van der Waals surface area contributed by atoms with Crippen molar-refractivity contribution in [1.29, 1.82) is 5.26 Å². The van der Waals surface area contributed by atoms with E-state index in [9.17, 15) is 0 Å². The second kappa shape index (κ2) is 4.31. The van der Waals surface area contributed by atoms with Crippen molar-refractivity contribution in [1.82, 2.24) is 4.98 Å². The van der Waals surface area contributed by atoms with Gasteiger partial charge in [-0.1, -0.05) is 20.3 Å². The molecule has 2 heterocycles. The van der Waals surface area contributed by atoms with Crippen LogP contribution in [-0.4, -0.2) is 23.3 Å². The molecule has 5 heteroatoms. The fourth-order valence-corrected chi connectivity index (χ4v) is 3.96. The van der Waals surface area contributed by atoms with Crippen molar-refractivity contribution in [2.45, 2.75) is 45.3 Å². The number of nitriles is 1. The van der Waals surface area contributed by atoms with Crippen molar-refractivity contribution in [3.05, 3.63) is 24.0 Å². The van der Waals surface area contributed by atoms with Crippen LogP contribution >= 0.6 is 0 Å². The van der Waals surface area contributed by atoms with Crippen molar-refractivity contribution in [2.24, 2.45) is 11.8 Å². The summed E-state index contributed by atoms with van der Waals surface area (Å²) in [5.74, 6) is 1.05. The summed E-state index contributed by atoms with van der Waals surface area (Å²) < 4.78 is 12.5. The van der Waals surface area contributed by atoms with Gasteiger partial charge in [-0.2, -0.15) is 5.26 Å². The van der Waals surface area contributed by atoms with Gasteiger partial charge in [-0.15, -0.1) is 0 Å². The zero-order valence-electron chi connectivity index (χ0n) is 12.4. The SMILES string of the molecule is CCC1C(C)C12OB(c1ccnc(C#N)c1)OC2(C)C. The summed E-state index contributed by atoms with van der Waals surface area (Å²) in [6.07, 6.45) is 2.73. The van der Waals surface area contributed by atoms with E-state index in [2.05, 4.69) is 38.7 Å². The van der Waals surface area contributed by atoms with Gasteiger partial charge in [-0.05, 0) is 43.3 Å². The fourth-order valence-electron chi connectivity index (χ4n) is 3.96. The molecule has 2 fully saturated rings. The van der Waals surface area contributed by atoms with E-state index >= 15 is 0 Å². The zero-order chi connectivity index (χ0) is 14.5. The van der Waals surface area contributed by atoms with E-state index in [1.165, 1.54) is 0 Å². The fraction of sp³-hybridized carbons (Fsp3) is 0.600. The van der Waals surface area contributed by atoms with Crippen LogP contribution in [0, 0.1) is 23.2 Å². The van der Waals surface area contributed by atoms with Crippen molar-refractivity contribution in [3.8, 4) is 6.07 Å². The molecule has 1 spiro atoms. The molecule has 0 radical (unpaired) electrons. The van der Waals surface area contributed by atoms with Crippen molar-refractivity contribution >= 4 is 12.6 Å². The lowest BCUT2D eigenvalue weighted by atomic mass is 9.79. The highest BCUT2D eigenvalue weighted by Gasteiger charge is 2.74. The molecule has 1 aromatic heterocycles. The summed E-state index contributed by atoms with van der Waals surface area (Å²) in [7, 11) is -0.404. The molecule has 3 atom stereocenters. The largest absolute Gasteiger partial charge is 0.495 e. The molecule has 104 valence electrons. The van der Waals surface area contributed by atoms with Crippen LogP contribution in [-0.2, 0) is 9.31 Å². The topological polar surface area (TPSA) is 55.1 Å². The maximum atomic E-state index is 8.95. The van der Waals surface area contributed by atoms with Crippen LogP contribution in [0.5, 0.6) is 0 Å². The Balaban J connectivity index is 1.91. The van der Waals surface area contributed by atoms with E-state index in [1.54, 1.807) is 12.3 Å². The van der Waals surface area contributed by atoms with Gasteiger partial charge in [0.25, 0.3) is 0 Å². The van der Waals surface area contributed by atoms with Crippen molar-refractivity contribution < 1.29 is 9.31 Å². The Labute approximate surface area is 120 Å². The maximum absolute atomic E-state index is 8.95. The highest BCUT2D eigenvalue weighted by molar-refractivity contribution is 6.62. The number of aromatic nitrogens is 1. The molecule has 1 saturated carbocycles. The van der Waals surface area contributed by atoms with Gasteiger partial charge in [0.2, 0.25) is 0 Å². The van der Waals surface area contributed by atoms with E-state index < -0.39 is 7.12 Å². The Morgan fingerprint density at radius 1 is 1.45 bits per heavy atom. The van der Waals surface area contributed by atoms with E-state index in [-0.39, 0.29) is 11.2 Å². The highest BCUT2D eigenvalue weighted by Crippen LogP contribution is 2.64. The predicted octanol–water partition coefficient (Wildman–Crippen LogP) is 1.89. The standard InChI is InChI=1S/C15H19BN2O2/c1-5-13-10(2)15(13)14(3,4)19-16(20-15)11-6-7-18-12(8-11)9-17/h6-8,10,13H,5H2,1-4H3. The second-order valence-electron chi connectivity index (χ2n) is 6.26. The number of rotatable bonds is 2. The van der Waals surface area contributed by atoms with Gasteiger partial charge < -0.3 is 9.31 Å². The van der Waals surface area contributed by atoms with Gasteiger partial charge in [0.15, 0.2) is 0 Å². The monoisotopic (exact) mass is 270 g/mol. The molecule has 0 amide bonds. The lowest BCUT2D eigenvalue weighted by Crippen LogP contribution is -2.38. The molecule has 1 aromatic rings. The smallest absolute Gasteiger partial charge is 0.399 e. The third-order valence-corrected chi connectivity index (χ3v) is 4.98. The van der Waals surface area contributed by atoms with Gasteiger partial charge in [0.05, 0.1) is 11.2 Å². The first kappa shape index (κ1) is 13.6. The lowest BCUT2D eigenvalue weighted by molar-refractivity contribution is 0.0345.